The average molecular weight is 426 g/mol. The molecule has 3 rings (SSSR count). The third-order valence-electron chi connectivity index (χ3n) is 4.32. The maximum atomic E-state index is 13.0. The summed E-state index contributed by atoms with van der Waals surface area (Å²) < 4.78 is 89.0. The molecule has 3 aromatic carbocycles. The Balaban J connectivity index is 1.75. The van der Waals surface area contributed by atoms with E-state index in [4.69, 9.17) is 9.47 Å². The molecule has 158 valence electrons. The monoisotopic (exact) mass is 426 g/mol. The molecule has 0 aliphatic heterocycles. The van der Waals surface area contributed by atoms with Crippen LogP contribution < -0.4 is 9.47 Å². The van der Waals surface area contributed by atoms with Gasteiger partial charge in [0.1, 0.15) is 23.0 Å². The van der Waals surface area contributed by atoms with Gasteiger partial charge in [0.05, 0.1) is 11.1 Å². The third-order valence-corrected chi connectivity index (χ3v) is 4.32. The molecule has 0 aliphatic carbocycles. The van der Waals surface area contributed by atoms with Gasteiger partial charge in [-0.25, -0.2) is 0 Å². The number of alkyl halides is 6. The van der Waals surface area contributed by atoms with Crippen LogP contribution in [0.1, 0.15) is 22.3 Å². The molecule has 0 N–H and O–H groups in total. The van der Waals surface area contributed by atoms with Gasteiger partial charge >= 0.3 is 12.4 Å². The largest absolute Gasteiger partial charge is 0.457 e. The Labute approximate surface area is 168 Å². The molecule has 0 aliphatic rings. The third kappa shape index (κ3) is 5.06. The minimum atomic E-state index is -4.50. The highest BCUT2D eigenvalue weighted by molar-refractivity contribution is 5.42. The van der Waals surface area contributed by atoms with Gasteiger partial charge in [0.25, 0.3) is 0 Å². The lowest BCUT2D eigenvalue weighted by molar-refractivity contribution is -0.139. The number of benzene rings is 3. The van der Waals surface area contributed by atoms with Crippen molar-refractivity contribution in [1.82, 2.24) is 0 Å². The van der Waals surface area contributed by atoms with Crippen LogP contribution in [-0.4, -0.2) is 0 Å². The number of ether oxygens (including phenoxy) is 2. The van der Waals surface area contributed by atoms with Crippen LogP contribution in [0.3, 0.4) is 0 Å². The zero-order valence-electron chi connectivity index (χ0n) is 15.9. The van der Waals surface area contributed by atoms with Crippen LogP contribution in [0.15, 0.2) is 60.7 Å². The summed E-state index contributed by atoms with van der Waals surface area (Å²) in [5.41, 5.74) is -1.43. The summed E-state index contributed by atoms with van der Waals surface area (Å²) >= 11 is 0. The number of aryl methyl sites for hydroxylation is 2. The maximum Gasteiger partial charge on any atom is 0.416 e. The first kappa shape index (κ1) is 21.5. The minimum Gasteiger partial charge on any atom is -0.457 e. The second kappa shape index (κ2) is 7.93. The van der Waals surface area contributed by atoms with Crippen LogP contribution in [-0.2, 0) is 12.4 Å². The fraction of sp³-hybridized carbons (Fsp3) is 0.182. The molecule has 0 heterocycles. The van der Waals surface area contributed by atoms with Crippen molar-refractivity contribution < 1.29 is 35.8 Å². The lowest BCUT2D eigenvalue weighted by Gasteiger charge is -2.14. The highest BCUT2D eigenvalue weighted by Crippen LogP contribution is 2.37. The first-order chi connectivity index (χ1) is 13.9. The first-order valence-electron chi connectivity index (χ1n) is 8.75. The molecule has 0 spiro atoms. The van der Waals surface area contributed by atoms with E-state index < -0.39 is 23.5 Å². The molecule has 0 amide bonds. The summed E-state index contributed by atoms with van der Waals surface area (Å²) in [6.07, 6.45) is -8.99. The molecule has 0 atom stereocenters. The molecule has 0 saturated heterocycles. The van der Waals surface area contributed by atoms with E-state index in [2.05, 4.69) is 0 Å². The Morgan fingerprint density at radius 1 is 0.500 bits per heavy atom. The maximum absolute atomic E-state index is 13.0. The Hall–Kier alpha value is -3.16. The van der Waals surface area contributed by atoms with E-state index in [9.17, 15) is 26.3 Å². The van der Waals surface area contributed by atoms with Gasteiger partial charge in [0, 0.05) is 0 Å². The molecule has 3 aromatic rings. The normalized spacial score (nSPS) is 12.0. The highest BCUT2D eigenvalue weighted by Gasteiger charge is 2.33. The zero-order chi connectivity index (χ0) is 22.1. The van der Waals surface area contributed by atoms with E-state index >= 15 is 0 Å². The lowest BCUT2D eigenvalue weighted by atomic mass is 10.1. The molecule has 0 bridgehead atoms. The number of rotatable bonds is 4. The van der Waals surface area contributed by atoms with Crippen LogP contribution in [0, 0.1) is 13.8 Å². The van der Waals surface area contributed by atoms with Crippen molar-refractivity contribution in [1.29, 1.82) is 0 Å². The fourth-order valence-electron chi connectivity index (χ4n) is 2.79. The van der Waals surface area contributed by atoms with Gasteiger partial charge < -0.3 is 9.47 Å². The summed E-state index contributed by atoms with van der Waals surface area (Å²) in [4.78, 5) is 0. The Morgan fingerprint density at radius 2 is 0.800 bits per heavy atom. The Morgan fingerprint density at radius 3 is 1.10 bits per heavy atom. The SMILES string of the molecule is Cc1ccc(Oc2ccc(Oc3ccc(C)c(C(F)(F)F)c3)cc2)cc1C(F)(F)F. The molecule has 0 aromatic heterocycles. The average Bonchev–Trinajstić information content (AvgIpc) is 2.64. The first-order valence-corrected chi connectivity index (χ1v) is 8.75. The summed E-state index contributed by atoms with van der Waals surface area (Å²) in [7, 11) is 0. The molecule has 30 heavy (non-hydrogen) atoms. The summed E-state index contributed by atoms with van der Waals surface area (Å²) in [6.45, 7) is 2.71. The van der Waals surface area contributed by atoms with Gasteiger partial charge in [-0.2, -0.15) is 26.3 Å². The molecule has 0 fully saturated rings. The number of halogens is 6. The number of hydrogen-bond acceptors (Lipinski definition) is 2. The van der Waals surface area contributed by atoms with Crippen molar-refractivity contribution >= 4 is 0 Å². The standard InChI is InChI=1S/C22H16F6O2/c1-13-3-5-17(11-19(13)21(23,24)25)29-15-7-9-16(10-8-15)30-18-6-4-14(2)20(12-18)22(26,27)28/h3-12H,1-2H3. The van der Waals surface area contributed by atoms with Gasteiger partial charge in [0.15, 0.2) is 0 Å². The van der Waals surface area contributed by atoms with E-state index in [1.165, 1.54) is 62.4 Å². The molecule has 0 unspecified atom stereocenters. The Bertz CT molecular complexity index is 952. The molecular formula is C22H16F6O2. The lowest BCUT2D eigenvalue weighted by Crippen LogP contribution is -2.07. The van der Waals surface area contributed by atoms with E-state index in [0.717, 1.165) is 12.1 Å². The predicted molar refractivity (Wildman–Crippen MR) is 99.0 cm³/mol. The number of hydrogen-bond donors (Lipinski definition) is 0. The second-order valence-corrected chi connectivity index (χ2v) is 6.62. The van der Waals surface area contributed by atoms with Gasteiger partial charge in [-0.05, 0) is 73.5 Å². The van der Waals surface area contributed by atoms with E-state index in [1.54, 1.807) is 0 Å². The molecule has 0 radical (unpaired) electrons. The Kier molecular flexibility index (Phi) is 5.70. The van der Waals surface area contributed by atoms with Crippen molar-refractivity contribution in [3.8, 4) is 23.0 Å². The van der Waals surface area contributed by atoms with Crippen molar-refractivity contribution in [3.63, 3.8) is 0 Å². The molecule has 2 nitrogen and oxygen atoms in total. The quantitative estimate of drug-likeness (QED) is 0.395. The topological polar surface area (TPSA) is 18.5 Å². The van der Waals surface area contributed by atoms with Crippen LogP contribution in [0.5, 0.6) is 23.0 Å². The molecule has 8 heteroatoms. The van der Waals surface area contributed by atoms with Gasteiger partial charge in [-0.15, -0.1) is 0 Å². The fourth-order valence-corrected chi connectivity index (χ4v) is 2.79. The van der Waals surface area contributed by atoms with E-state index in [1.807, 2.05) is 0 Å². The van der Waals surface area contributed by atoms with Crippen molar-refractivity contribution in [2.24, 2.45) is 0 Å². The highest BCUT2D eigenvalue weighted by atomic mass is 19.4. The molecular weight excluding hydrogens is 410 g/mol. The zero-order valence-corrected chi connectivity index (χ0v) is 15.9. The van der Waals surface area contributed by atoms with E-state index in [-0.39, 0.29) is 34.1 Å². The summed E-state index contributed by atoms with van der Waals surface area (Å²) in [5.74, 6) is 0.517. The predicted octanol–water partition coefficient (Wildman–Crippen LogP) is 7.93. The van der Waals surface area contributed by atoms with Crippen molar-refractivity contribution in [3.05, 3.63) is 82.9 Å². The van der Waals surface area contributed by atoms with Crippen LogP contribution >= 0.6 is 0 Å². The van der Waals surface area contributed by atoms with Gasteiger partial charge in [-0.1, -0.05) is 12.1 Å². The smallest absolute Gasteiger partial charge is 0.416 e. The van der Waals surface area contributed by atoms with Crippen LogP contribution in [0.2, 0.25) is 0 Å². The van der Waals surface area contributed by atoms with Gasteiger partial charge in [-0.3, -0.25) is 0 Å². The van der Waals surface area contributed by atoms with Crippen molar-refractivity contribution in [2.75, 3.05) is 0 Å². The molecule has 0 saturated carbocycles. The van der Waals surface area contributed by atoms with Crippen LogP contribution in [0.25, 0.3) is 0 Å². The second-order valence-electron chi connectivity index (χ2n) is 6.62. The van der Waals surface area contributed by atoms with E-state index in [0.29, 0.717) is 0 Å². The summed E-state index contributed by atoms with van der Waals surface area (Å²) in [6, 6.07) is 13.1. The van der Waals surface area contributed by atoms with Gasteiger partial charge in [0.2, 0.25) is 0 Å². The van der Waals surface area contributed by atoms with Crippen LogP contribution in [0.4, 0.5) is 26.3 Å². The minimum absolute atomic E-state index is 0.00921. The van der Waals surface area contributed by atoms with Crippen molar-refractivity contribution in [2.45, 2.75) is 26.2 Å². The summed E-state index contributed by atoms with van der Waals surface area (Å²) in [5, 5.41) is 0.